The fraction of sp³-hybridized carbons (Fsp3) is 0.833. The summed E-state index contributed by atoms with van der Waals surface area (Å²) in [5.74, 6) is -0.233. The average Bonchev–Trinajstić information content (AvgIpc) is 2.70. The van der Waals surface area contributed by atoms with Crippen LogP contribution < -0.4 is 0 Å². The lowest BCUT2D eigenvalue weighted by Crippen LogP contribution is -2.50. The van der Waals surface area contributed by atoms with Crippen LogP contribution in [0.25, 0.3) is 0 Å². The molecule has 1 N–H and O–H groups in total. The number of amides is 2. The molecule has 3 atom stereocenters. The second-order valence-corrected chi connectivity index (χ2v) is 6.62. The van der Waals surface area contributed by atoms with Gasteiger partial charge in [-0.15, -0.1) is 0 Å². The maximum absolute atomic E-state index is 12.4. The molecule has 0 aromatic rings. The molecule has 3 unspecified atom stereocenters. The molecule has 2 rings (SSSR count). The van der Waals surface area contributed by atoms with E-state index in [0.717, 1.165) is 18.8 Å². The number of carboxylic acids is 1. The summed E-state index contributed by atoms with van der Waals surface area (Å²) in [6.45, 7) is 6.07. The SMILES string of the molecule is CC1CN(C(=O)N2CCC(C(=O)O)C2C)CCS1. The molecule has 2 aliphatic rings. The van der Waals surface area contributed by atoms with E-state index in [0.29, 0.717) is 18.2 Å². The Labute approximate surface area is 112 Å². The quantitative estimate of drug-likeness (QED) is 0.782. The van der Waals surface area contributed by atoms with E-state index in [9.17, 15) is 9.59 Å². The second kappa shape index (κ2) is 5.38. The van der Waals surface area contributed by atoms with Crippen LogP contribution >= 0.6 is 11.8 Å². The number of carbonyl (C=O) groups excluding carboxylic acids is 1. The van der Waals surface area contributed by atoms with Crippen molar-refractivity contribution in [3.05, 3.63) is 0 Å². The Kier molecular flexibility index (Phi) is 4.04. The van der Waals surface area contributed by atoms with E-state index >= 15 is 0 Å². The number of rotatable bonds is 1. The first kappa shape index (κ1) is 13.5. The molecule has 2 aliphatic heterocycles. The topological polar surface area (TPSA) is 60.9 Å². The molecular formula is C12H20N2O3S. The van der Waals surface area contributed by atoms with Crippen molar-refractivity contribution in [2.45, 2.75) is 31.6 Å². The Morgan fingerprint density at radius 2 is 2.00 bits per heavy atom. The van der Waals surface area contributed by atoms with Crippen LogP contribution in [0.5, 0.6) is 0 Å². The summed E-state index contributed by atoms with van der Waals surface area (Å²) in [5, 5.41) is 9.55. The van der Waals surface area contributed by atoms with Gasteiger partial charge in [-0.2, -0.15) is 11.8 Å². The van der Waals surface area contributed by atoms with Gasteiger partial charge in [0.15, 0.2) is 0 Å². The van der Waals surface area contributed by atoms with Gasteiger partial charge in [-0.3, -0.25) is 4.79 Å². The zero-order valence-corrected chi connectivity index (χ0v) is 11.7. The van der Waals surface area contributed by atoms with Gasteiger partial charge < -0.3 is 14.9 Å². The smallest absolute Gasteiger partial charge is 0.320 e. The molecule has 0 saturated carbocycles. The number of nitrogens with zero attached hydrogens (tertiary/aromatic N) is 2. The van der Waals surface area contributed by atoms with E-state index in [1.807, 2.05) is 23.6 Å². The van der Waals surface area contributed by atoms with Crippen molar-refractivity contribution >= 4 is 23.8 Å². The third-order valence-electron chi connectivity index (χ3n) is 3.83. The minimum atomic E-state index is -0.791. The van der Waals surface area contributed by atoms with E-state index in [4.69, 9.17) is 5.11 Å². The molecule has 0 bridgehead atoms. The van der Waals surface area contributed by atoms with Crippen LogP contribution in [0.2, 0.25) is 0 Å². The van der Waals surface area contributed by atoms with Crippen LogP contribution in [0.1, 0.15) is 20.3 Å². The first-order valence-electron chi connectivity index (χ1n) is 6.40. The van der Waals surface area contributed by atoms with Gasteiger partial charge in [0.1, 0.15) is 0 Å². The van der Waals surface area contributed by atoms with Gasteiger partial charge in [0.25, 0.3) is 0 Å². The lowest BCUT2D eigenvalue weighted by molar-refractivity contribution is -0.142. The summed E-state index contributed by atoms with van der Waals surface area (Å²) in [5.41, 5.74) is 0. The van der Waals surface area contributed by atoms with Crippen LogP contribution in [0.3, 0.4) is 0 Å². The van der Waals surface area contributed by atoms with Crippen molar-refractivity contribution in [2.24, 2.45) is 5.92 Å². The number of hydrogen-bond donors (Lipinski definition) is 1. The lowest BCUT2D eigenvalue weighted by atomic mass is 10.0. The molecule has 5 nitrogen and oxygen atoms in total. The summed E-state index contributed by atoms with van der Waals surface area (Å²) < 4.78 is 0. The minimum absolute atomic E-state index is 0.0124. The van der Waals surface area contributed by atoms with E-state index in [2.05, 4.69) is 6.92 Å². The minimum Gasteiger partial charge on any atom is -0.481 e. The summed E-state index contributed by atoms with van der Waals surface area (Å²) >= 11 is 1.88. The summed E-state index contributed by atoms with van der Waals surface area (Å²) in [4.78, 5) is 27.0. The molecule has 0 spiro atoms. The fourth-order valence-electron chi connectivity index (χ4n) is 2.71. The Bertz CT molecular complexity index is 350. The fourth-order valence-corrected chi connectivity index (χ4v) is 3.73. The predicted molar refractivity (Wildman–Crippen MR) is 70.8 cm³/mol. The highest BCUT2D eigenvalue weighted by molar-refractivity contribution is 7.99. The molecular weight excluding hydrogens is 252 g/mol. The van der Waals surface area contributed by atoms with E-state index in [1.54, 1.807) is 4.90 Å². The summed E-state index contributed by atoms with van der Waals surface area (Å²) in [7, 11) is 0. The summed E-state index contributed by atoms with van der Waals surface area (Å²) in [6, 6.07) is -0.182. The van der Waals surface area contributed by atoms with Crippen molar-refractivity contribution < 1.29 is 14.7 Å². The Morgan fingerprint density at radius 1 is 1.28 bits per heavy atom. The molecule has 0 aliphatic carbocycles. The molecule has 102 valence electrons. The van der Waals surface area contributed by atoms with Crippen LogP contribution in [-0.2, 0) is 4.79 Å². The number of urea groups is 1. The van der Waals surface area contributed by atoms with E-state index < -0.39 is 11.9 Å². The largest absolute Gasteiger partial charge is 0.481 e. The molecule has 2 amide bonds. The summed E-state index contributed by atoms with van der Waals surface area (Å²) in [6.07, 6.45) is 0.570. The van der Waals surface area contributed by atoms with Crippen LogP contribution in [0, 0.1) is 5.92 Å². The van der Waals surface area contributed by atoms with Crippen LogP contribution in [0.4, 0.5) is 4.79 Å². The zero-order chi connectivity index (χ0) is 13.3. The second-order valence-electron chi connectivity index (χ2n) is 5.08. The first-order chi connectivity index (χ1) is 8.50. The van der Waals surface area contributed by atoms with Gasteiger partial charge in [-0.05, 0) is 13.3 Å². The molecule has 0 aromatic carbocycles. The maximum atomic E-state index is 12.4. The van der Waals surface area contributed by atoms with E-state index in [1.165, 1.54) is 0 Å². The molecule has 18 heavy (non-hydrogen) atoms. The zero-order valence-electron chi connectivity index (χ0n) is 10.8. The van der Waals surface area contributed by atoms with Gasteiger partial charge in [0, 0.05) is 36.7 Å². The average molecular weight is 272 g/mol. The molecule has 0 radical (unpaired) electrons. The monoisotopic (exact) mass is 272 g/mol. The highest BCUT2D eigenvalue weighted by Gasteiger charge is 2.40. The van der Waals surface area contributed by atoms with Crippen molar-refractivity contribution in [3.8, 4) is 0 Å². The Balaban J connectivity index is 1.99. The van der Waals surface area contributed by atoms with Crippen molar-refractivity contribution in [1.29, 1.82) is 0 Å². The number of carbonyl (C=O) groups is 2. The number of hydrogen-bond acceptors (Lipinski definition) is 3. The van der Waals surface area contributed by atoms with Gasteiger partial charge in [-0.25, -0.2) is 4.79 Å². The van der Waals surface area contributed by atoms with Gasteiger partial charge in [-0.1, -0.05) is 6.92 Å². The predicted octanol–water partition coefficient (Wildman–Crippen LogP) is 1.34. The highest BCUT2D eigenvalue weighted by atomic mass is 32.2. The third-order valence-corrected chi connectivity index (χ3v) is 4.97. The van der Waals surface area contributed by atoms with Crippen LogP contribution in [0.15, 0.2) is 0 Å². The number of thioether (sulfide) groups is 1. The van der Waals surface area contributed by atoms with Gasteiger partial charge in [0.2, 0.25) is 0 Å². The van der Waals surface area contributed by atoms with Crippen molar-refractivity contribution in [2.75, 3.05) is 25.4 Å². The first-order valence-corrected chi connectivity index (χ1v) is 7.45. The highest BCUT2D eigenvalue weighted by Crippen LogP contribution is 2.27. The standard InChI is InChI=1S/C12H20N2O3S/c1-8-7-13(5-6-18-8)12(17)14-4-3-10(9(14)2)11(15)16/h8-10H,3-7H2,1-2H3,(H,15,16). The maximum Gasteiger partial charge on any atom is 0.320 e. The number of likely N-dealkylation sites (tertiary alicyclic amines) is 1. The van der Waals surface area contributed by atoms with Crippen molar-refractivity contribution in [3.63, 3.8) is 0 Å². The molecule has 6 heteroatoms. The van der Waals surface area contributed by atoms with Crippen LogP contribution in [-0.4, -0.2) is 63.6 Å². The normalized spacial score (nSPS) is 32.7. The van der Waals surface area contributed by atoms with E-state index in [-0.39, 0.29) is 12.1 Å². The lowest BCUT2D eigenvalue weighted by Gasteiger charge is -2.35. The van der Waals surface area contributed by atoms with Gasteiger partial charge in [0.05, 0.1) is 5.92 Å². The molecule has 2 saturated heterocycles. The molecule has 2 heterocycles. The Hall–Kier alpha value is -0.910. The molecule has 0 aromatic heterocycles. The molecule has 2 fully saturated rings. The number of aliphatic carboxylic acids is 1. The third kappa shape index (κ3) is 2.58. The Morgan fingerprint density at radius 3 is 2.56 bits per heavy atom. The van der Waals surface area contributed by atoms with Crippen molar-refractivity contribution in [1.82, 2.24) is 9.80 Å². The number of carboxylic acid groups (broad SMARTS) is 1. The van der Waals surface area contributed by atoms with Gasteiger partial charge >= 0.3 is 12.0 Å².